The Kier molecular flexibility index (Phi) is 2.96. The summed E-state index contributed by atoms with van der Waals surface area (Å²) in [5, 5.41) is 0. The third-order valence-corrected chi connectivity index (χ3v) is 4.30. The summed E-state index contributed by atoms with van der Waals surface area (Å²) in [5.74, 6) is 1.22. The number of hydrogen-bond donors (Lipinski definition) is 1. The van der Waals surface area contributed by atoms with Crippen LogP contribution in [0.1, 0.15) is 11.1 Å². The van der Waals surface area contributed by atoms with Gasteiger partial charge in [-0.25, -0.2) is 0 Å². The Hall–Kier alpha value is 0.01000. The largest absolute Gasteiger partial charge is 0.330 e. The number of hydrogen-bond acceptors (Lipinski definition) is 2. The number of aryl methyl sites for hydroxylation is 1. The Morgan fingerprint density at radius 1 is 1.46 bits per heavy atom. The molecule has 0 atom stereocenters. The molecule has 0 amide bonds. The van der Waals surface area contributed by atoms with Crippen molar-refractivity contribution in [3.8, 4) is 0 Å². The van der Waals surface area contributed by atoms with Crippen LogP contribution in [0, 0.1) is 0 Å². The molecular weight excluding hydrogens is 246 g/mol. The first kappa shape index (κ1) is 9.56. The average molecular weight is 258 g/mol. The highest BCUT2D eigenvalue weighted by atomic mass is 79.9. The van der Waals surface area contributed by atoms with E-state index in [0.29, 0.717) is 0 Å². The predicted octanol–water partition coefficient (Wildman–Crippen LogP) is 2.60. The molecule has 0 spiro atoms. The number of fused-ring (bicyclic) bond motifs is 1. The fourth-order valence-electron chi connectivity index (χ4n) is 1.63. The van der Waals surface area contributed by atoms with Crippen molar-refractivity contribution in [2.75, 3.05) is 12.3 Å². The highest BCUT2D eigenvalue weighted by molar-refractivity contribution is 9.10. The van der Waals surface area contributed by atoms with Crippen LogP contribution in [0.3, 0.4) is 0 Å². The van der Waals surface area contributed by atoms with Gasteiger partial charge in [-0.05, 0) is 52.5 Å². The van der Waals surface area contributed by atoms with Crippen molar-refractivity contribution >= 4 is 27.7 Å². The minimum atomic E-state index is 0.734. The molecular formula is C10H12BrNS. The molecule has 0 radical (unpaired) electrons. The molecule has 1 heterocycles. The second kappa shape index (κ2) is 4.03. The fraction of sp³-hybridized carbons (Fsp3) is 0.400. The van der Waals surface area contributed by atoms with Gasteiger partial charge in [0.2, 0.25) is 0 Å². The van der Waals surface area contributed by atoms with Crippen molar-refractivity contribution < 1.29 is 0 Å². The maximum absolute atomic E-state index is 5.54. The molecule has 0 bridgehead atoms. The topological polar surface area (TPSA) is 26.0 Å². The Balaban J connectivity index is 2.37. The first-order valence-electron chi connectivity index (χ1n) is 4.45. The van der Waals surface area contributed by atoms with E-state index in [1.54, 1.807) is 0 Å². The molecule has 0 saturated carbocycles. The third-order valence-electron chi connectivity index (χ3n) is 2.23. The van der Waals surface area contributed by atoms with Crippen LogP contribution >= 0.6 is 27.7 Å². The van der Waals surface area contributed by atoms with E-state index in [-0.39, 0.29) is 0 Å². The van der Waals surface area contributed by atoms with Crippen molar-refractivity contribution in [2.24, 2.45) is 5.73 Å². The van der Waals surface area contributed by atoms with E-state index >= 15 is 0 Å². The van der Waals surface area contributed by atoms with Crippen molar-refractivity contribution in [3.05, 3.63) is 27.7 Å². The van der Waals surface area contributed by atoms with Gasteiger partial charge in [0.15, 0.2) is 0 Å². The predicted molar refractivity (Wildman–Crippen MR) is 61.3 cm³/mol. The number of rotatable bonds is 2. The van der Waals surface area contributed by atoms with Crippen molar-refractivity contribution in [2.45, 2.75) is 17.7 Å². The van der Waals surface area contributed by atoms with Crippen LogP contribution in [0.15, 0.2) is 21.5 Å². The highest BCUT2D eigenvalue weighted by Gasteiger charge is 2.15. The zero-order valence-corrected chi connectivity index (χ0v) is 9.75. The van der Waals surface area contributed by atoms with Crippen molar-refractivity contribution in [1.29, 1.82) is 0 Å². The smallest absolute Gasteiger partial charge is 0.0316 e. The lowest BCUT2D eigenvalue weighted by Gasteiger charge is -2.05. The molecule has 0 aromatic heterocycles. The van der Waals surface area contributed by atoms with Gasteiger partial charge in [-0.3, -0.25) is 0 Å². The van der Waals surface area contributed by atoms with Gasteiger partial charge in [-0.15, -0.1) is 11.8 Å². The second-order valence-electron chi connectivity index (χ2n) is 3.20. The molecule has 1 aliphatic heterocycles. The van der Waals surface area contributed by atoms with Crippen LogP contribution in [-0.4, -0.2) is 12.3 Å². The number of halogens is 1. The van der Waals surface area contributed by atoms with Crippen LogP contribution in [0.2, 0.25) is 0 Å². The molecule has 0 fully saturated rings. The van der Waals surface area contributed by atoms with Gasteiger partial charge >= 0.3 is 0 Å². The fourth-order valence-corrected chi connectivity index (χ4v) is 3.60. The molecule has 0 unspecified atom stereocenters. The first-order valence-corrected chi connectivity index (χ1v) is 6.23. The standard InChI is InChI=1S/C10H12BrNS/c11-9-6-7(1-3-12)5-8-2-4-13-10(8)9/h5-6H,1-4,12H2. The lowest BCUT2D eigenvalue weighted by molar-refractivity contribution is 0.956. The summed E-state index contributed by atoms with van der Waals surface area (Å²) in [6, 6.07) is 4.50. The Morgan fingerprint density at radius 3 is 3.08 bits per heavy atom. The van der Waals surface area contributed by atoms with E-state index < -0.39 is 0 Å². The van der Waals surface area contributed by atoms with Crippen LogP contribution in [0.5, 0.6) is 0 Å². The number of thioether (sulfide) groups is 1. The first-order chi connectivity index (χ1) is 6.31. The lowest BCUT2D eigenvalue weighted by Crippen LogP contribution is -2.03. The Labute approximate surface area is 91.2 Å². The van der Waals surface area contributed by atoms with E-state index in [0.717, 1.165) is 13.0 Å². The molecule has 0 saturated heterocycles. The Bertz CT molecular complexity index is 325. The number of benzene rings is 1. The van der Waals surface area contributed by atoms with E-state index in [9.17, 15) is 0 Å². The summed E-state index contributed by atoms with van der Waals surface area (Å²) in [7, 11) is 0. The van der Waals surface area contributed by atoms with Crippen molar-refractivity contribution in [1.82, 2.24) is 0 Å². The zero-order valence-electron chi connectivity index (χ0n) is 7.35. The minimum absolute atomic E-state index is 0.734. The molecule has 1 aromatic carbocycles. The maximum Gasteiger partial charge on any atom is 0.0316 e. The average Bonchev–Trinajstić information content (AvgIpc) is 2.53. The lowest BCUT2D eigenvalue weighted by atomic mass is 10.1. The van der Waals surface area contributed by atoms with Crippen LogP contribution in [0.25, 0.3) is 0 Å². The monoisotopic (exact) mass is 257 g/mol. The summed E-state index contributed by atoms with van der Waals surface area (Å²) in [6.45, 7) is 0.734. The summed E-state index contributed by atoms with van der Waals surface area (Å²) < 4.78 is 1.25. The van der Waals surface area contributed by atoms with E-state index in [1.807, 2.05) is 11.8 Å². The summed E-state index contributed by atoms with van der Waals surface area (Å²) in [4.78, 5) is 1.43. The molecule has 1 nitrogen and oxygen atoms in total. The van der Waals surface area contributed by atoms with Gasteiger partial charge in [0, 0.05) is 15.1 Å². The van der Waals surface area contributed by atoms with Gasteiger partial charge in [0.25, 0.3) is 0 Å². The SMILES string of the molecule is NCCc1cc(Br)c2c(c1)CCS2. The molecule has 2 N–H and O–H groups in total. The quantitative estimate of drug-likeness (QED) is 0.882. The Morgan fingerprint density at radius 2 is 2.31 bits per heavy atom. The molecule has 1 aromatic rings. The van der Waals surface area contributed by atoms with Crippen LogP contribution in [0.4, 0.5) is 0 Å². The van der Waals surface area contributed by atoms with Crippen LogP contribution in [-0.2, 0) is 12.8 Å². The molecule has 70 valence electrons. The molecule has 0 aliphatic carbocycles. The van der Waals surface area contributed by atoms with Gasteiger partial charge in [-0.1, -0.05) is 6.07 Å². The molecule has 13 heavy (non-hydrogen) atoms. The van der Waals surface area contributed by atoms with Crippen molar-refractivity contribution in [3.63, 3.8) is 0 Å². The second-order valence-corrected chi connectivity index (χ2v) is 5.16. The third kappa shape index (κ3) is 1.92. The molecule has 3 heteroatoms. The van der Waals surface area contributed by atoms with Gasteiger partial charge < -0.3 is 5.73 Å². The minimum Gasteiger partial charge on any atom is -0.330 e. The van der Waals surface area contributed by atoms with E-state index in [4.69, 9.17) is 5.73 Å². The molecule has 1 aliphatic rings. The van der Waals surface area contributed by atoms with E-state index in [2.05, 4.69) is 28.1 Å². The summed E-state index contributed by atoms with van der Waals surface area (Å²) >= 11 is 5.55. The van der Waals surface area contributed by atoms with Crippen LogP contribution < -0.4 is 5.73 Å². The number of nitrogens with two attached hydrogens (primary N) is 1. The van der Waals surface area contributed by atoms with Gasteiger partial charge in [-0.2, -0.15) is 0 Å². The maximum atomic E-state index is 5.54. The van der Waals surface area contributed by atoms with E-state index in [1.165, 1.54) is 32.7 Å². The summed E-state index contributed by atoms with van der Waals surface area (Å²) in [5.41, 5.74) is 8.38. The summed E-state index contributed by atoms with van der Waals surface area (Å²) in [6.07, 6.45) is 2.19. The van der Waals surface area contributed by atoms with Gasteiger partial charge in [0.05, 0.1) is 0 Å². The molecule has 2 rings (SSSR count). The normalized spacial score (nSPS) is 14.6. The zero-order chi connectivity index (χ0) is 9.26. The van der Waals surface area contributed by atoms with Gasteiger partial charge in [0.1, 0.15) is 0 Å². The highest BCUT2D eigenvalue weighted by Crippen LogP contribution is 2.38.